The smallest absolute Gasteiger partial charge is 0.147 e. The molecule has 2 aliphatic rings. The molecule has 0 aromatic carbocycles. The second kappa shape index (κ2) is 4.28. The van der Waals surface area contributed by atoms with Gasteiger partial charge in [-0.15, -0.1) is 0 Å². The first-order chi connectivity index (χ1) is 7.81. The Kier molecular flexibility index (Phi) is 2.79. The van der Waals surface area contributed by atoms with Crippen molar-refractivity contribution in [3.63, 3.8) is 0 Å². The van der Waals surface area contributed by atoms with Crippen LogP contribution in [0.3, 0.4) is 0 Å². The summed E-state index contributed by atoms with van der Waals surface area (Å²) in [7, 11) is 0. The Hall–Kier alpha value is -0.710. The fourth-order valence-electron chi connectivity index (χ4n) is 2.73. The molecule has 86 valence electrons. The van der Waals surface area contributed by atoms with E-state index in [-0.39, 0.29) is 0 Å². The highest BCUT2D eigenvalue weighted by Gasteiger charge is 2.35. The minimum atomic E-state index is 0.464. The van der Waals surface area contributed by atoms with Gasteiger partial charge in [0.25, 0.3) is 0 Å². The standard InChI is InChI=1S/C11H15ClN4/c12-11-4-14-10(3-15-11)7-16-5-8-1-13-2-9(8)6-16/h3-4,8-9,13H,1-2,5-7H2. The molecule has 0 bridgehead atoms. The summed E-state index contributed by atoms with van der Waals surface area (Å²) in [6.45, 7) is 5.61. The topological polar surface area (TPSA) is 41.1 Å². The zero-order valence-electron chi connectivity index (χ0n) is 9.06. The van der Waals surface area contributed by atoms with E-state index < -0.39 is 0 Å². The van der Waals surface area contributed by atoms with Crippen molar-refractivity contribution in [1.82, 2.24) is 20.2 Å². The zero-order valence-corrected chi connectivity index (χ0v) is 9.82. The number of fused-ring (bicyclic) bond motifs is 1. The van der Waals surface area contributed by atoms with Gasteiger partial charge in [0.2, 0.25) is 0 Å². The van der Waals surface area contributed by atoms with E-state index in [1.807, 2.05) is 0 Å². The van der Waals surface area contributed by atoms with E-state index in [9.17, 15) is 0 Å². The third-order valence-electron chi connectivity index (χ3n) is 3.52. The van der Waals surface area contributed by atoms with Crippen molar-refractivity contribution in [1.29, 1.82) is 0 Å². The fraction of sp³-hybridized carbons (Fsp3) is 0.636. The van der Waals surface area contributed by atoms with Gasteiger partial charge in [-0.3, -0.25) is 9.88 Å². The van der Waals surface area contributed by atoms with Crippen molar-refractivity contribution >= 4 is 11.6 Å². The quantitative estimate of drug-likeness (QED) is 0.827. The predicted molar refractivity (Wildman–Crippen MR) is 62.2 cm³/mol. The third-order valence-corrected chi connectivity index (χ3v) is 3.72. The lowest BCUT2D eigenvalue weighted by atomic mass is 10.0. The van der Waals surface area contributed by atoms with Crippen LogP contribution in [0.2, 0.25) is 5.15 Å². The lowest BCUT2D eigenvalue weighted by Gasteiger charge is -2.15. The monoisotopic (exact) mass is 238 g/mol. The average Bonchev–Trinajstić information content (AvgIpc) is 2.81. The maximum atomic E-state index is 5.71. The Morgan fingerprint density at radius 3 is 2.62 bits per heavy atom. The molecule has 1 N–H and O–H groups in total. The zero-order chi connectivity index (χ0) is 11.0. The summed E-state index contributed by atoms with van der Waals surface area (Å²) in [5.74, 6) is 1.67. The van der Waals surface area contributed by atoms with Gasteiger partial charge in [0.15, 0.2) is 0 Å². The van der Waals surface area contributed by atoms with E-state index in [2.05, 4.69) is 20.2 Å². The van der Waals surface area contributed by atoms with Crippen LogP contribution in [-0.4, -0.2) is 41.0 Å². The number of halogens is 1. The van der Waals surface area contributed by atoms with Crippen molar-refractivity contribution in [2.45, 2.75) is 6.54 Å². The van der Waals surface area contributed by atoms with Gasteiger partial charge in [-0.2, -0.15) is 0 Å². The predicted octanol–water partition coefficient (Wildman–Crippen LogP) is 0.781. The van der Waals surface area contributed by atoms with E-state index in [0.29, 0.717) is 5.15 Å². The summed E-state index contributed by atoms with van der Waals surface area (Å²) in [5.41, 5.74) is 1.01. The molecule has 0 aliphatic carbocycles. The lowest BCUT2D eigenvalue weighted by molar-refractivity contribution is 0.301. The number of hydrogen-bond donors (Lipinski definition) is 1. The van der Waals surface area contributed by atoms with Crippen LogP contribution in [0.15, 0.2) is 12.4 Å². The number of rotatable bonds is 2. The Morgan fingerprint density at radius 1 is 1.25 bits per heavy atom. The van der Waals surface area contributed by atoms with Crippen LogP contribution in [0.4, 0.5) is 0 Å². The molecule has 3 heterocycles. The molecule has 2 unspecified atom stereocenters. The molecule has 16 heavy (non-hydrogen) atoms. The molecule has 2 aliphatic heterocycles. The maximum absolute atomic E-state index is 5.71. The van der Waals surface area contributed by atoms with E-state index in [4.69, 9.17) is 11.6 Å². The van der Waals surface area contributed by atoms with Crippen LogP contribution in [0, 0.1) is 11.8 Å². The normalized spacial score (nSPS) is 29.6. The van der Waals surface area contributed by atoms with E-state index in [1.54, 1.807) is 12.4 Å². The van der Waals surface area contributed by atoms with Gasteiger partial charge in [0.05, 0.1) is 18.1 Å². The minimum absolute atomic E-state index is 0.464. The first kappa shape index (κ1) is 10.4. The van der Waals surface area contributed by atoms with Crippen LogP contribution in [0.25, 0.3) is 0 Å². The Balaban J connectivity index is 1.62. The van der Waals surface area contributed by atoms with E-state index >= 15 is 0 Å². The highest BCUT2D eigenvalue weighted by molar-refractivity contribution is 6.29. The molecule has 1 aromatic heterocycles. The van der Waals surface area contributed by atoms with Crippen LogP contribution in [-0.2, 0) is 6.54 Å². The first-order valence-electron chi connectivity index (χ1n) is 5.71. The van der Waals surface area contributed by atoms with Crippen LogP contribution >= 0.6 is 11.6 Å². The molecule has 0 spiro atoms. The van der Waals surface area contributed by atoms with E-state index in [0.717, 1.165) is 24.1 Å². The number of aromatic nitrogens is 2. The molecular weight excluding hydrogens is 224 g/mol. The highest BCUT2D eigenvalue weighted by Crippen LogP contribution is 2.26. The summed E-state index contributed by atoms with van der Waals surface area (Å²) in [6.07, 6.45) is 3.39. The second-order valence-electron chi connectivity index (χ2n) is 4.70. The average molecular weight is 239 g/mol. The minimum Gasteiger partial charge on any atom is -0.316 e. The van der Waals surface area contributed by atoms with Crippen molar-refractivity contribution < 1.29 is 0 Å². The largest absolute Gasteiger partial charge is 0.316 e. The Labute approximate surface area is 100 Å². The van der Waals surface area contributed by atoms with Gasteiger partial charge in [-0.1, -0.05) is 11.6 Å². The summed E-state index contributed by atoms with van der Waals surface area (Å²) >= 11 is 5.71. The van der Waals surface area contributed by atoms with Gasteiger partial charge in [-0.25, -0.2) is 4.98 Å². The van der Waals surface area contributed by atoms with Crippen LogP contribution in [0.5, 0.6) is 0 Å². The lowest BCUT2D eigenvalue weighted by Crippen LogP contribution is -2.25. The highest BCUT2D eigenvalue weighted by atomic mass is 35.5. The molecule has 1 aromatic rings. The Morgan fingerprint density at radius 2 is 2.00 bits per heavy atom. The number of likely N-dealkylation sites (tertiary alicyclic amines) is 1. The molecule has 2 atom stereocenters. The Bertz CT molecular complexity index is 355. The molecule has 0 saturated carbocycles. The van der Waals surface area contributed by atoms with E-state index in [1.165, 1.54) is 26.2 Å². The van der Waals surface area contributed by atoms with Gasteiger partial charge < -0.3 is 5.32 Å². The SMILES string of the molecule is Clc1cnc(CN2CC3CNCC3C2)cn1. The molecule has 3 rings (SSSR count). The van der Waals surface area contributed by atoms with Gasteiger partial charge >= 0.3 is 0 Å². The molecular formula is C11H15ClN4. The molecule has 0 amide bonds. The molecule has 0 radical (unpaired) electrons. The molecule has 5 heteroatoms. The summed E-state index contributed by atoms with van der Waals surface area (Å²) < 4.78 is 0. The first-order valence-corrected chi connectivity index (χ1v) is 6.08. The number of nitrogens with zero attached hydrogens (tertiary/aromatic N) is 3. The summed E-state index contributed by atoms with van der Waals surface area (Å²) in [5, 5.41) is 3.91. The third kappa shape index (κ3) is 2.05. The van der Waals surface area contributed by atoms with Gasteiger partial charge in [0, 0.05) is 19.6 Å². The molecule has 2 saturated heterocycles. The molecule has 4 nitrogen and oxygen atoms in total. The maximum Gasteiger partial charge on any atom is 0.147 e. The van der Waals surface area contributed by atoms with Gasteiger partial charge in [0.1, 0.15) is 5.15 Å². The molecule has 2 fully saturated rings. The number of nitrogens with one attached hydrogen (secondary N) is 1. The van der Waals surface area contributed by atoms with Crippen molar-refractivity contribution in [3.05, 3.63) is 23.2 Å². The number of hydrogen-bond acceptors (Lipinski definition) is 4. The fourth-order valence-corrected chi connectivity index (χ4v) is 2.83. The summed E-state index contributed by atoms with van der Waals surface area (Å²) in [6, 6.07) is 0. The summed E-state index contributed by atoms with van der Waals surface area (Å²) in [4.78, 5) is 10.8. The van der Waals surface area contributed by atoms with Crippen LogP contribution < -0.4 is 5.32 Å². The van der Waals surface area contributed by atoms with Crippen molar-refractivity contribution in [2.24, 2.45) is 11.8 Å². The van der Waals surface area contributed by atoms with Crippen molar-refractivity contribution in [2.75, 3.05) is 26.2 Å². The van der Waals surface area contributed by atoms with Gasteiger partial charge in [-0.05, 0) is 24.9 Å². The van der Waals surface area contributed by atoms with Crippen molar-refractivity contribution in [3.8, 4) is 0 Å². The second-order valence-corrected chi connectivity index (χ2v) is 5.09. The van der Waals surface area contributed by atoms with Crippen LogP contribution in [0.1, 0.15) is 5.69 Å².